The molecular formula is C21H24N2O2. The van der Waals surface area contributed by atoms with Crippen LogP contribution in [0.25, 0.3) is 11.1 Å². The topological polar surface area (TPSA) is 42.3 Å². The van der Waals surface area contributed by atoms with Crippen LogP contribution in [0.1, 0.15) is 48.2 Å². The first-order valence-corrected chi connectivity index (χ1v) is 9.37. The molecule has 1 fully saturated rings. The van der Waals surface area contributed by atoms with Crippen LogP contribution >= 0.6 is 0 Å². The summed E-state index contributed by atoms with van der Waals surface area (Å²) in [5.74, 6) is 0.103. The van der Waals surface area contributed by atoms with E-state index >= 15 is 0 Å². The third kappa shape index (κ3) is 3.01. The van der Waals surface area contributed by atoms with Crippen LogP contribution in [-0.2, 0) is 13.0 Å². The lowest BCUT2D eigenvalue weighted by Gasteiger charge is -2.24. The van der Waals surface area contributed by atoms with E-state index in [0.29, 0.717) is 0 Å². The highest BCUT2D eigenvalue weighted by atomic mass is 16.2. The smallest absolute Gasteiger partial charge is 0.256 e. The van der Waals surface area contributed by atoms with Gasteiger partial charge in [-0.15, -0.1) is 0 Å². The summed E-state index contributed by atoms with van der Waals surface area (Å²) in [5.41, 5.74) is 3.45. The molecule has 130 valence electrons. The van der Waals surface area contributed by atoms with Gasteiger partial charge in [0.25, 0.3) is 11.5 Å². The average Bonchev–Trinajstić information content (AvgIpc) is 2.97. The molecule has 25 heavy (non-hydrogen) atoms. The summed E-state index contributed by atoms with van der Waals surface area (Å²) in [7, 11) is 0. The molecule has 2 aliphatic heterocycles. The second-order valence-corrected chi connectivity index (χ2v) is 7.05. The van der Waals surface area contributed by atoms with Gasteiger partial charge in [0, 0.05) is 37.0 Å². The number of rotatable bonds is 2. The lowest BCUT2D eigenvalue weighted by atomic mass is 9.97. The van der Waals surface area contributed by atoms with Crippen molar-refractivity contribution < 1.29 is 4.79 Å². The minimum atomic E-state index is 0.0127. The lowest BCUT2D eigenvalue weighted by Crippen LogP contribution is -2.34. The van der Waals surface area contributed by atoms with Crippen molar-refractivity contribution in [2.45, 2.75) is 45.1 Å². The van der Waals surface area contributed by atoms with Gasteiger partial charge in [-0.25, -0.2) is 0 Å². The van der Waals surface area contributed by atoms with Crippen LogP contribution in [0.4, 0.5) is 0 Å². The second-order valence-electron chi connectivity index (χ2n) is 7.05. The summed E-state index contributed by atoms with van der Waals surface area (Å²) in [6.07, 6.45) is 6.28. The van der Waals surface area contributed by atoms with Crippen molar-refractivity contribution in [3.05, 3.63) is 58.0 Å². The molecule has 1 saturated heterocycles. The molecule has 0 bridgehead atoms. The highest BCUT2D eigenvalue weighted by Gasteiger charge is 2.28. The van der Waals surface area contributed by atoms with E-state index in [2.05, 4.69) is 0 Å². The number of carbonyl (C=O) groups excluding carboxylic acids is 1. The molecular weight excluding hydrogens is 312 g/mol. The number of pyridine rings is 1. The van der Waals surface area contributed by atoms with Gasteiger partial charge >= 0.3 is 0 Å². The van der Waals surface area contributed by atoms with E-state index in [1.807, 2.05) is 35.2 Å². The number of likely N-dealkylation sites (tertiary alicyclic amines) is 1. The molecule has 0 spiro atoms. The number of hydrogen-bond donors (Lipinski definition) is 0. The number of aromatic nitrogens is 1. The largest absolute Gasteiger partial charge is 0.339 e. The molecule has 4 rings (SSSR count). The van der Waals surface area contributed by atoms with Gasteiger partial charge in [0.15, 0.2) is 0 Å². The number of fused-ring (bicyclic) bond motifs is 1. The Bertz CT molecular complexity index is 831. The van der Waals surface area contributed by atoms with Gasteiger partial charge in [-0.3, -0.25) is 9.59 Å². The number of amides is 1. The Hall–Kier alpha value is -2.36. The Morgan fingerprint density at radius 2 is 1.60 bits per heavy atom. The Morgan fingerprint density at radius 1 is 0.880 bits per heavy atom. The van der Waals surface area contributed by atoms with Gasteiger partial charge in [-0.05, 0) is 31.2 Å². The van der Waals surface area contributed by atoms with E-state index in [-0.39, 0.29) is 11.5 Å². The SMILES string of the molecule is O=C(c1c(-c2ccccc2)cc(=O)n2c1CCC2)N1CCCCCC1. The lowest BCUT2D eigenvalue weighted by molar-refractivity contribution is 0.0760. The maximum absolute atomic E-state index is 13.4. The molecule has 4 heteroatoms. The zero-order valence-corrected chi connectivity index (χ0v) is 14.5. The van der Waals surface area contributed by atoms with Crippen molar-refractivity contribution in [2.75, 3.05) is 13.1 Å². The Kier molecular flexibility index (Phi) is 4.43. The van der Waals surface area contributed by atoms with E-state index < -0.39 is 0 Å². The summed E-state index contributed by atoms with van der Waals surface area (Å²) >= 11 is 0. The molecule has 2 aliphatic rings. The maximum atomic E-state index is 13.4. The van der Waals surface area contributed by atoms with Crippen molar-refractivity contribution >= 4 is 5.91 Å². The van der Waals surface area contributed by atoms with Crippen molar-refractivity contribution in [1.82, 2.24) is 9.47 Å². The Labute approximate surface area is 148 Å². The molecule has 0 atom stereocenters. The van der Waals surface area contributed by atoms with Gasteiger partial charge in [0.05, 0.1) is 5.56 Å². The van der Waals surface area contributed by atoms with Crippen LogP contribution in [0, 0.1) is 0 Å². The van der Waals surface area contributed by atoms with Gasteiger partial charge < -0.3 is 9.47 Å². The summed E-state index contributed by atoms with van der Waals surface area (Å²) in [6, 6.07) is 11.5. The summed E-state index contributed by atoms with van der Waals surface area (Å²) < 4.78 is 1.80. The van der Waals surface area contributed by atoms with Crippen molar-refractivity contribution in [1.29, 1.82) is 0 Å². The molecule has 0 radical (unpaired) electrons. The summed E-state index contributed by atoms with van der Waals surface area (Å²) in [4.78, 5) is 28.0. The fourth-order valence-electron chi connectivity index (χ4n) is 4.12. The predicted octanol–water partition coefficient (Wildman–Crippen LogP) is 3.48. The quantitative estimate of drug-likeness (QED) is 0.842. The minimum Gasteiger partial charge on any atom is -0.339 e. The number of benzene rings is 1. The minimum absolute atomic E-state index is 0.0127. The Morgan fingerprint density at radius 3 is 2.32 bits per heavy atom. The average molecular weight is 336 g/mol. The van der Waals surface area contributed by atoms with Gasteiger partial charge in [-0.2, -0.15) is 0 Å². The highest BCUT2D eigenvalue weighted by molar-refractivity contribution is 6.02. The monoisotopic (exact) mass is 336 g/mol. The normalized spacial score (nSPS) is 17.2. The number of nitrogens with zero attached hydrogens (tertiary/aromatic N) is 2. The van der Waals surface area contributed by atoms with Crippen molar-refractivity contribution in [3.63, 3.8) is 0 Å². The number of hydrogen-bond acceptors (Lipinski definition) is 2. The van der Waals surface area contributed by atoms with Crippen LogP contribution in [-0.4, -0.2) is 28.5 Å². The first kappa shape index (κ1) is 16.1. The molecule has 0 aliphatic carbocycles. The number of carbonyl (C=O) groups is 1. The highest BCUT2D eigenvalue weighted by Crippen LogP contribution is 2.30. The van der Waals surface area contributed by atoms with Gasteiger partial charge in [0.1, 0.15) is 0 Å². The van der Waals surface area contributed by atoms with Gasteiger partial charge in [-0.1, -0.05) is 43.2 Å². The third-order valence-electron chi connectivity index (χ3n) is 5.40. The Balaban J connectivity index is 1.86. The van der Waals surface area contributed by atoms with E-state index in [1.165, 1.54) is 12.8 Å². The molecule has 0 saturated carbocycles. The molecule has 4 nitrogen and oxygen atoms in total. The summed E-state index contributed by atoms with van der Waals surface area (Å²) in [6.45, 7) is 2.38. The molecule has 1 aromatic carbocycles. The fourth-order valence-corrected chi connectivity index (χ4v) is 4.12. The maximum Gasteiger partial charge on any atom is 0.256 e. The van der Waals surface area contributed by atoms with Crippen LogP contribution < -0.4 is 5.56 Å². The van der Waals surface area contributed by atoms with E-state index in [4.69, 9.17) is 0 Å². The van der Waals surface area contributed by atoms with E-state index in [1.54, 1.807) is 10.6 Å². The predicted molar refractivity (Wildman–Crippen MR) is 98.8 cm³/mol. The first-order chi connectivity index (χ1) is 12.3. The molecule has 1 aromatic heterocycles. The molecule has 2 aromatic rings. The molecule has 0 N–H and O–H groups in total. The third-order valence-corrected chi connectivity index (χ3v) is 5.40. The van der Waals surface area contributed by atoms with Gasteiger partial charge in [0.2, 0.25) is 0 Å². The fraction of sp³-hybridized carbons (Fsp3) is 0.429. The van der Waals surface area contributed by atoms with E-state index in [9.17, 15) is 9.59 Å². The first-order valence-electron chi connectivity index (χ1n) is 9.37. The van der Waals surface area contributed by atoms with Crippen LogP contribution in [0.15, 0.2) is 41.2 Å². The zero-order valence-electron chi connectivity index (χ0n) is 14.5. The van der Waals surface area contributed by atoms with E-state index in [0.717, 1.165) is 67.7 Å². The van der Waals surface area contributed by atoms with Crippen LogP contribution in [0.5, 0.6) is 0 Å². The van der Waals surface area contributed by atoms with Crippen molar-refractivity contribution in [2.24, 2.45) is 0 Å². The zero-order chi connectivity index (χ0) is 17.2. The standard InChI is InChI=1S/C21H24N2O2/c24-19-15-17(16-9-4-3-5-10-16)20(18-11-8-14-23(18)19)21(25)22-12-6-1-2-7-13-22/h3-5,9-10,15H,1-2,6-8,11-14H2. The molecule has 3 heterocycles. The van der Waals surface area contributed by atoms with Crippen LogP contribution in [0.3, 0.4) is 0 Å². The summed E-state index contributed by atoms with van der Waals surface area (Å²) in [5, 5.41) is 0. The molecule has 1 amide bonds. The van der Waals surface area contributed by atoms with Crippen LogP contribution in [0.2, 0.25) is 0 Å². The van der Waals surface area contributed by atoms with Crippen molar-refractivity contribution in [3.8, 4) is 11.1 Å². The molecule has 0 unspecified atom stereocenters. The second kappa shape index (κ2) is 6.87.